The lowest BCUT2D eigenvalue weighted by molar-refractivity contribution is 0.184. The van der Waals surface area contributed by atoms with Gasteiger partial charge in [0.2, 0.25) is 0 Å². The van der Waals surface area contributed by atoms with Gasteiger partial charge in [-0.2, -0.15) is 11.8 Å². The Morgan fingerprint density at radius 2 is 1.83 bits per heavy atom. The summed E-state index contributed by atoms with van der Waals surface area (Å²) in [7, 11) is 0. The molecule has 108 valence electrons. The van der Waals surface area contributed by atoms with E-state index >= 15 is 0 Å². The minimum absolute atomic E-state index is 0.367. The van der Waals surface area contributed by atoms with E-state index in [-0.39, 0.29) is 0 Å². The molecule has 3 heteroatoms. The van der Waals surface area contributed by atoms with Gasteiger partial charge in [0.25, 0.3) is 0 Å². The van der Waals surface area contributed by atoms with Crippen LogP contribution in [0.1, 0.15) is 46.5 Å². The minimum atomic E-state index is 0.367. The van der Waals surface area contributed by atoms with Gasteiger partial charge in [-0.3, -0.25) is 0 Å². The second-order valence-electron chi connectivity index (χ2n) is 6.74. The highest BCUT2D eigenvalue weighted by Crippen LogP contribution is 2.25. The van der Waals surface area contributed by atoms with E-state index in [2.05, 4.69) is 37.4 Å². The van der Waals surface area contributed by atoms with Gasteiger partial charge in [-0.25, -0.2) is 0 Å². The van der Waals surface area contributed by atoms with E-state index in [0.29, 0.717) is 17.9 Å². The molecule has 0 radical (unpaired) electrons. The van der Waals surface area contributed by atoms with Crippen LogP contribution in [0, 0.1) is 11.3 Å². The first-order valence-corrected chi connectivity index (χ1v) is 8.58. The molecule has 1 fully saturated rings. The normalized spacial score (nSPS) is 20.0. The molecule has 2 nitrogen and oxygen atoms in total. The van der Waals surface area contributed by atoms with Crippen molar-refractivity contribution >= 4 is 11.8 Å². The van der Waals surface area contributed by atoms with Gasteiger partial charge in [0, 0.05) is 31.2 Å². The first kappa shape index (κ1) is 16.3. The molecule has 0 aromatic rings. The Morgan fingerprint density at radius 1 is 1.17 bits per heavy atom. The van der Waals surface area contributed by atoms with Crippen molar-refractivity contribution in [2.75, 3.05) is 37.7 Å². The Balaban J connectivity index is 2.10. The Morgan fingerprint density at radius 3 is 2.39 bits per heavy atom. The third-order valence-corrected chi connectivity index (χ3v) is 4.69. The number of rotatable bonds is 7. The molecule has 0 unspecified atom stereocenters. The molecule has 0 saturated carbocycles. The highest BCUT2D eigenvalue weighted by molar-refractivity contribution is 7.99. The zero-order valence-corrected chi connectivity index (χ0v) is 13.3. The summed E-state index contributed by atoms with van der Waals surface area (Å²) in [5.74, 6) is 3.12. The van der Waals surface area contributed by atoms with Crippen LogP contribution in [0.2, 0.25) is 0 Å². The Hall–Kier alpha value is 0.270. The standard InChI is InChI=1S/C15H31NOS/c1-15(2,3)7-6-14(13-17)5-4-8-16-9-11-18-12-10-16/h14,17H,4-13H2,1-3H3/t14-/m0/s1. The molecule has 0 spiro atoms. The smallest absolute Gasteiger partial charge is 0.0459 e. The lowest BCUT2D eigenvalue weighted by atomic mass is 9.85. The summed E-state index contributed by atoms with van der Waals surface area (Å²) in [6.07, 6.45) is 4.84. The first-order chi connectivity index (χ1) is 8.51. The van der Waals surface area contributed by atoms with Gasteiger partial charge < -0.3 is 10.0 Å². The number of nitrogens with zero attached hydrogens (tertiary/aromatic N) is 1. The summed E-state index contributed by atoms with van der Waals surface area (Å²) in [4.78, 5) is 2.58. The van der Waals surface area contributed by atoms with Gasteiger partial charge in [0.1, 0.15) is 0 Å². The van der Waals surface area contributed by atoms with E-state index in [4.69, 9.17) is 0 Å². The fourth-order valence-electron chi connectivity index (χ4n) is 2.39. The maximum atomic E-state index is 9.44. The second kappa shape index (κ2) is 8.44. The van der Waals surface area contributed by atoms with Crippen LogP contribution in [0.3, 0.4) is 0 Å². The summed E-state index contributed by atoms with van der Waals surface area (Å²) in [5.41, 5.74) is 0.400. The number of thioether (sulfide) groups is 1. The number of hydrogen-bond donors (Lipinski definition) is 1. The average Bonchev–Trinajstić information content (AvgIpc) is 2.33. The molecule has 0 aromatic carbocycles. The lowest BCUT2D eigenvalue weighted by Crippen LogP contribution is -2.33. The summed E-state index contributed by atoms with van der Waals surface area (Å²) in [5, 5.41) is 9.44. The monoisotopic (exact) mass is 273 g/mol. The fourth-order valence-corrected chi connectivity index (χ4v) is 3.37. The Kier molecular flexibility index (Phi) is 7.66. The zero-order chi connectivity index (χ0) is 13.4. The number of hydrogen-bond acceptors (Lipinski definition) is 3. The highest BCUT2D eigenvalue weighted by atomic mass is 32.2. The Labute approximate surface area is 118 Å². The van der Waals surface area contributed by atoms with Crippen LogP contribution < -0.4 is 0 Å². The van der Waals surface area contributed by atoms with Crippen molar-refractivity contribution in [1.82, 2.24) is 4.90 Å². The third-order valence-electron chi connectivity index (χ3n) is 3.75. The van der Waals surface area contributed by atoms with E-state index in [1.54, 1.807) is 0 Å². The molecule has 1 heterocycles. The van der Waals surface area contributed by atoms with Gasteiger partial charge in [0.15, 0.2) is 0 Å². The molecule has 0 amide bonds. The van der Waals surface area contributed by atoms with Crippen molar-refractivity contribution in [2.24, 2.45) is 11.3 Å². The summed E-state index contributed by atoms with van der Waals surface area (Å²) >= 11 is 2.07. The molecule has 18 heavy (non-hydrogen) atoms. The largest absolute Gasteiger partial charge is 0.396 e. The van der Waals surface area contributed by atoms with E-state index in [9.17, 15) is 5.11 Å². The van der Waals surface area contributed by atoms with Crippen molar-refractivity contribution in [3.63, 3.8) is 0 Å². The fraction of sp³-hybridized carbons (Fsp3) is 1.00. The van der Waals surface area contributed by atoms with Gasteiger partial charge in [0.05, 0.1) is 0 Å². The first-order valence-electron chi connectivity index (χ1n) is 7.42. The molecule has 1 aliphatic heterocycles. The number of aliphatic hydroxyl groups excluding tert-OH is 1. The van der Waals surface area contributed by atoms with Crippen molar-refractivity contribution in [3.05, 3.63) is 0 Å². The molecule has 1 saturated heterocycles. The van der Waals surface area contributed by atoms with Crippen molar-refractivity contribution in [1.29, 1.82) is 0 Å². The van der Waals surface area contributed by atoms with Crippen LogP contribution in [-0.4, -0.2) is 47.8 Å². The maximum Gasteiger partial charge on any atom is 0.0459 e. The number of aliphatic hydroxyl groups is 1. The maximum absolute atomic E-state index is 9.44. The molecule has 0 aromatic heterocycles. The van der Waals surface area contributed by atoms with Crippen LogP contribution in [0.5, 0.6) is 0 Å². The molecule has 1 atom stereocenters. The van der Waals surface area contributed by atoms with E-state index in [1.807, 2.05) is 0 Å². The van der Waals surface area contributed by atoms with E-state index in [0.717, 1.165) is 0 Å². The molecule has 0 bridgehead atoms. The molecular weight excluding hydrogens is 242 g/mol. The predicted molar refractivity (Wildman–Crippen MR) is 82.3 cm³/mol. The summed E-state index contributed by atoms with van der Waals surface area (Å²) in [6.45, 7) is 11.0. The van der Waals surface area contributed by atoms with Crippen molar-refractivity contribution in [2.45, 2.75) is 46.5 Å². The van der Waals surface area contributed by atoms with Gasteiger partial charge in [-0.05, 0) is 43.6 Å². The SMILES string of the molecule is CC(C)(C)CC[C@@H](CO)CCCN1CCSCC1. The molecule has 1 aliphatic rings. The van der Waals surface area contributed by atoms with Crippen molar-refractivity contribution < 1.29 is 5.11 Å². The minimum Gasteiger partial charge on any atom is -0.396 e. The summed E-state index contributed by atoms with van der Waals surface area (Å²) in [6, 6.07) is 0. The quantitative estimate of drug-likeness (QED) is 0.770. The molecular formula is C15H31NOS. The Bertz CT molecular complexity index is 209. The van der Waals surface area contributed by atoms with Crippen LogP contribution in [0.15, 0.2) is 0 Å². The van der Waals surface area contributed by atoms with E-state index < -0.39 is 0 Å². The van der Waals surface area contributed by atoms with E-state index in [1.165, 1.54) is 56.8 Å². The molecule has 1 N–H and O–H groups in total. The molecule has 0 aliphatic carbocycles. The summed E-state index contributed by atoms with van der Waals surface area (Å²) < 4.78 is 0. The van der Waals surface area contributed by atoms with Crippen LogP contribution in [-0.2, 0) is 0 Å². The van der Waals surface area contributed by atoms with Crippen molar-refractivity contribution in [3.8, 4) is 0 Å². The zero-order valence-electron chi connectivity index (χ0n) is 12.5. The van der Waals surface area contributed by atoms with Crippen LogP contribution >= 0.6 is 11.8 Å². The lowest BCUT2D eigenvalue weighted by Gasteiger charge is -2.27. The average molecular weight is 273 g/mol. The van der Waals surface area contributed by atoms with Gasteiger partial charge in [-0.1, -0.05) is 20.8 Å². The van der Waals surface area contributed by atoms with Crippen LogP contribution in [0.4, 0.5) is 0 Å². The topological polar surface area (TPSA) is 23.5 Å². The third kappa shape index (κ3) is 7.65. The predicted octanol–water partition coefficient (Wildman–Crippen LogP) is 3.25. The van der Waals surface area contributed by atoms with Gasteiger partial charge >= 0.3 is 0 Å². The second-order valence-corrected chi connectivity index (χ2v) is 7.97. The molecule has 1 rings (SSSR count). The van der Waals surface area contributed by atoms with Gasteiger partial charge in [-0.15, -0.1) is 0 Å². The van der Waals surface area contributed by atoms with Crippen LogP contribution in [0.25, 0.3) is 0 Å². The highest BCUT2D eigenvalue weighted by Gasteiger charge is 2.15.